The minimum absolute atomic E-state index is 0.0606. The van der Waals surface area contributed by atoms with Crippen LogP contribution in [-0.2, 0) is 9.59 Å². The Labute approximate surface area is 95.4 Å². The Balaban J connectivity index is 2.12. The van der Waals surface area contributed by atoms with Gasteiger partial charge in [-0.2, -0.15) is 0 Å². The number of hydrogen-bond donors (Lipinski definition) is 2. The van der Waals surface area contributed by atoms with Gasteiger partial charge in [0.15, 0.2) is 0 Å². The summed E-state index contributed by atoms with van der Waals surface area (Å²) in [5, 5.41) is 12.1. The van der Waals surface area contributed by atoms with E-state index in [0.29, 0.717) is 5.92 Å². The molecule has 0 heterocycles. The van der Waals surface area contributed by atoms with Gasteiger partial charge in [-0.3, -0.25) is 9.59 Å². The van der Waals surface area contributed by atoms with Crippen LogP contribution in [-0.4, -0.2) is 23.0 Å². The number of carboxylic acid groups (broad SMARTS) is 1. The third kappa shape index (κ3) is 1.81. The van der Waals surface area contributed by atoms with Crippen LogP contribution in [0.4, 0.5) is 0 Å². The van der Waals surface area contributed by atoms with E-state index >= 15 is 0 Å². The fourth-order valence-electron chi connectivity index (χ4n) is 3.40. The lowest BCUT2D eigenvalue weighted by Gasteiger charge is -2.27. The number of carboxylic acids is 1. The van der Waals surface area contributed by atoms with Crippen LogP contribution < -0.4 is 5.32 Å². The second-order valence-corrected chi connectivity index (χ2v) is 5.39. The highest BCUT2D eigenvalue weighted by molar-refractivity contribution is 5.86. The summed E-state index contributed by atoms with van der Waals surface area (Å²) >= 11 is 0. The van der Waals surface area contributed by atoms with Gasteiger partial charge in [0.1, 0.15) is 0 Å². The predicted molar refractivity (Wildman–Crippen MR) is 58.7 cm³/mol. The van der Waals surface area contributed by atoms with Crippen molar-refractivity contribution in [3.05, 3.63) is 0 Å². The maximum Gasteiger partial charge on any atom is 0.307 e. The molecule has 2 aliphatic rings. The number of amides is 1. The van der Waals surface area contributed by atoms with E-state index in [-0.39, 0.29) is 23.8 Å². The molecular formula is C12H19NO3. The molecule has 2 N–H and O–H groups in total. The number of carbonyl (C=O) groups is 2. The fourth-order valence-corrected chi connectivity index (χ4v) is 3.40. The lowest BCUT2D eigenvalue weighted by molar-refractivity contribution is -0.149. The molecule has 0 aromatic heterocycles. The molecule has 2 rings (SSSR count). The summed E-state index contributed by atoms with van der Waals surface area (Å²) < 4.78 is 0. The zero-order valence-electron chi connectivity index (χ0n) is 9.77. The molecule has 2 saturated carbocycles. The van der Waals surface area contributed by atoms with E-state index in [0.717, 1.165) is 19.3 Å². The highest BCUT2D eigenvalue weighted by atomic mass is 16.4. The smallest absolute Gasteiger partial charge is 0.307 e. The van der Waals surface area contributed by atoms with Crippen molar-refractivity contribution in [2.45, 2.75) is 39.2 Å². The Morgan fingerprint density at radius 3 is 2.25 bits per heavy atom. The van der Waals surface area contributed by atoms with Gasteiger partial charge in [-0.05, 0) is 44.9 Å². The monoisotopic (exact) mass is 225 g/mol. The van der Waals surface area contributed by atoms with E-state index < -0.39 is 11.9 Å². The molecule has 0 aliphatic heterocycles. The number of nitrogens with one attached hydrogen (secondary N) is 1. The number of hydrogen-bond acceptors (Lipinski definition) is 2. The Kier molecular flexibility index (Phi) is 2.91. The van der Waals surface area contributed by atoms with Crippen LogP contribution in [0.3, 0.4) is 0 Å². The topological polar surface area (TPSA) is 66.4 Å². The summed E-state index contributed by atoms with van der Waals surface area (Å²) in [4.78, 5) is 23.2. The zero-order valence-corrected chi connectivity index (χ0v) is 9.77. The molecule has 2 aliphatic carbocycles. The summed E-state index contributed by atoms with van der Waals surface area (Å²) in [7, 11) is 0. The van der Waals surface area contributed by atoms with Crippen LogP contribution >= 0.6 is 0 Å². The predicted octanol–water partition coefficient (Wildman–Crippen LogP) is 1.26. The van der Waals surface area contributed by atoms with Crippen LogP contribution in [0.25, 0.3) is 0 Å². The molecule has 2 unspecified atom stereocenters. The SMILES string of the molecule is CC(C)NC(=O)C1C(C(=O)O)[C@H]2CC[C@@H]1C2. The molecule has 0 aromatic carbocycles. The highest BCUT2D eigenvalue weighted by Gasteiger charge is 2.53. The Morgan fingerprint density at radius 2 is 1.75 bits per heavy atom. The lowest BCUT2D eigenvalue weighted by Crippen LogP contribution is -2.43. The zero-order chi connectivity index (χ0) is 11.9. The van der Waals surface area contributed by atoms with Crippen molar-refractivity contribution in [1.29, 1.82) is 0 Å². The molecule has 0 radical (unpaired) electrons. The van der Waals surface area contributed by atoms with E-state index in [1.165, 1.54) is 0 Å². The minimum Gasteiger partial charge on any atom is -0.481 e. The molecular weight excluding hydrogens is 206 g/mol. The van der Waals surface area contributed by atoms with Gasteiger partial charge in [-0.25, -0.2) is 0 Å². The van der Waals surface area contributed by atoms with E-state index in [1.54, 1.807) is 0 Å². The summed E-state index contributed by atoms with van der Waals surface area (Å²) in [6, 6.07) is 0.0843. The van der Waals surface area contributed by atoms with E-state index in [1.807, 2.05) is 13.8 Å². The largest absolute Gasteiger partial charge is 0.481 e. The van der Waals surface area contributed by atoms with E-state index in [2.05, 4.69) is 5.32 Å². The summed E-state index contributed by atoms with van der Waals surface area (Å²) in [5.41, 5.74) is 0. The number of fused-ring (bicyclic) bond motifs is 2. The Hall–Kier alpha value is -1.06. The van der Waals surface area contributed by atoms with Crippen LogP contribution in [0.5, 0.6) is 0 Å². The highest BCUT2D eigenvalue weighted by Crippen LogP contribution is 2.52. The van der Waals surface area contributed by atoms with Gasteiger partial charge in [0.25, 0.3) is 0 Å². The summed E-state index contributed by atoms with van der Waals surface area (Å²) in [6.07, 6.45) is 2.92. The number of aliphatic carboxylic acids is 1. The summed E-state index contributed by atoms with van der Waals surface area (Å²) in [5.74, 6) is -1.07. The molecule has 0 spiro atoms. The van der Waals surface area contributed by atoms with Gasteiger partial charge in [0.05, 0.1) is 11.8 Å². The molecule has 4 atom stereocenters. The van der Waals surface area contributed by atoms with Crippen molar-refractivity contribution in [3.8, 4) is 0 Å². The van der Waals surface area contributed by atoms with Crippen molar-refractivity contribution in [2.75, 3.05) is 0 Å². The van der Waals surface area contributed by atoms with Crippen LogP contribution in [0, 0.1) is 23.7 Å². The van der Waals surface area contributed by atoms with Crippen molar-refractivity contribution in [2.24, 2.45) is 23.7 Å². The first kappa shape index (κ1) is 11.4. The van der Waals surface area contributed by atoms with Crippen molar-refractivity contribution in [3.63, 3.8) is 0 Å². The van der Waals surface area contributed by atoms with Gasteiger partial charge in [0, 0.05) is 6.04 Å². The van der Waals surface area contributed by atoms with Crippen LogP contribution in [0.1, 0.15) is 33.1 Å². The molecule has 4 heteroatoms. The minimum atomic E-state index is -0.795. The van der Waals surface area contributed by atoms with Crippen LogP contribution in [0.2, 0.25) is 0 Å². The van der Waals surface area contributed by atoms with Crippen molar-refractivity contribution >= 4 is 11.9 Å². The van der Waals surface area contributed by atoms with Gasteiger partial charge in [0.2, 0.25) is 5.91 Å². The molecule has 0 saturated heterocycles. The number of carbonyl (C=O) groups excluding carboxylic acids is 1. The quantitative estimate of drug-likeness (QED) is 0.759. The van der Waals surface area contributed by atoms with Gasteiger partial charge < -0.3 is 10.4 Å². The molecule has 2 fully saturated rings. The number of rotatable bonds is 3. The molecule has 4 nitrogen and oxygen atoms in total. The average Bonchev–Trinajstić information content (AvgIpc) is 2.74. The molecule has 0 aromatic rings. The van der Waals surface area contributed by atoms with Crippen molar-refractivity contribution < 1.29 is 14.7 Å². The van der Waals surface area contributed by atoms with E-state index in [9.17, 15) is 14.7 Å². The average molecular weight is 225 g/mol. The maximum atomic E-state index is 12.0. The standard InChI is InChI=1S/C12H19NO3/c1-6(2)13-11(14)9-7-3-4-8(5-7)10(9)12(15)16/h6-10H,3-5H2,1-2H3,(H,13,14)(H,15,16)/t7-,8+,9?,10?/m1/s1. The lowest BCUT2D eigenvalue weighted by atomic mass is 9.78. The molecule has 2 bridgehead atoms. The van der Waals surface area contributed by atoms with Crippen molar-refractivity contribution in [1.82, 2.24) is 5.32 Å². The summed E-state index contributed by atoms with van der Waals surface area (Å²) in [6.45, 7) is 3.81. The first-order valence-corrected chi connectivity index (χ1v) is 6.04. The molecule has 1 amide bonds. The first-order chi connectivity index (χ1) is 7.50. The second kappa shape index (κ2) is 4.07. The fraction of sp³-hybridized carbons (Fsp3) is 0.833. The second-order valence-electron chi connectivity index (χ2n) is 5.39. The van der Waals surface area contributed by atoms with E-state index in [4.69, 9.17) is 0 Å². The molecule has 90 valence electrons. The van der Waals surface area contributed by atoms with Gasteiger partial charge in [-0.1, -0.05) is 0 Å². The third-order valence-electron chi connectivity index (χ3n) is 3.94. The first-order valence-electron chi connectivity index (χ1n) is 6.04. The molecule has 16 heavy (non-hydrogen) atoms. The third-order valence-corrected chi connectivity index (χ3v) is 3.94. The Bertz CT molecular complexity index is 313. The Morgan fingerprint density at radius 1 is 1.19 bits per heavy atom. The maximum absolute atomic E-state index is 12.0. The van der Waals surface area contributed by atoms with Crippen LogP contribution in [0.15, 0.2) is 0 Å². The normalized spacial score (nSPS) is 36.7. The van der Waals surface area contributed by atoms with Gasteiger partial charge >= 0.3 is 5.97 Å². The van der Waals surface area contributed by atoms with Gasteiger partial charge in [-0.15, -0.1) is 0 Å².